The van der Waals surface area contributed by atoms with Gasteiger partial charge in [-0.1, -0.05) is 240 Å². The lowest BCUT2D eigenvalue weighted by atomic mass is 9.99. The van der Waals surface area contributed by atoms with E-state index in [0.717, 1.165) is 69.6 Å². The molecule has 0 heterocycles. The Morgan fingerprint density at radius 2 is 0.614 bits per heavy atom. The molecule has 57 heavy (non-hydrogen) atoms. The minimum Gasteiger partial charge on any atom is -0.462 e. The van der Waals surface area contributed by atoms with Gasteiger partial charge in [-0.05, 0) is 31.1 Å². The maximum Gasteiger partial charge on any atom is 0.306 e. The lowest BCUT2D eigenvalue weighted by Crippen LogP contribution is -2.30. The molecule has 0 amide bonds. The topological polar surface area (TPSA) is 78.9 Å². The molecule has 3 atom stereocenters. The van der Waals surface area contributed by atoms with Crippen molar-refractivity contribution in [1.29, 1.82) is 0 Å². The molecule has 0 fully saturated rings. The normalized spacial score (nSPS) is 13.0. The third-order valence-electron chi connectivity index (χ3n) is 12.2. The van der Waals surface area contributed by atoms with E-state index in [0.29, 0.717) is 19.3 Å². The van der Waals surface area contributed by atoms with E-state index >= 15 is 0 Å². The van der Waals surface area contributed by atoms with Gasteiger partial charge in [0.05, 0.1) is 0 Å². The van der Waals surface area contributed by atoms with Gasteiger partial charge in [0.15, 0.2) is 6.10 Å². The number of rotatable bonds is 45. The van der Waals surface area contributed by atoms with Crippen molar-refractivity contribution in [3.05, 3.63) is 0 Å². The second-order valence-electron chi connectivity index (χ2n) is 17.9. The van der Waals surface area contributed by atoms with Crippen LogP contribution in [0.2, 0.25) is 0 Å². The fourth-order valence-corrected chi connectivity index (χ4v) is 7.57. The quantitative estimate of drug-likeness (QED) is 0.0346. The predicted octanol–water partition coefficient (Wildman–Crippen LogP) is 16.1. The number of hydrogen-bond donors (Lipinski definition) is 0. The molecule has 0 saturated carbocycles. The number of ether oxygens (including phenoxy) is 3. The largest absolute Gasteiger partial charge is 0.462 e. The summed E-state index contributed by atoms with van der Waals surface area (Å²) in [4.78, 5) is 37.7. The summed E-state index contributed by atoms with van der Waals surface area (Å²) in [5, 5.41) is 0. The maximum absolute atomic E-state index is 12.7. The van der Waals surface area contributed by atoms with Gasteiger partial charge in [0, 0.05) is 19.3 Å². The van der Waals surface area contributed by atoms with Crippen LogP contribution in [0, 0.1) is 11.8 Å². The molecule has 0 N–H and O–H groups in total. The lowest BCUT2D eigenvalue weighted by molar-refractivity contribution is -0.167. The van der Waals surface area contributed by atoms with Crippen LogP contribution in [-0.2, 0) is 28.6 Å². The van der Waals surface area contributed by atoms with E-state index < -0.39 is 6.10 Å². The number of unbranched alkanes of at least 4 members (excludes halogenated alkanes) is 28. The molecular formula is C51H98O6. The number of hydrogen-bond acceptors (Lipinski definition) is 6. The summed E-state index contributed by atoms with van der Waals surface area (Å²) < 4.78 is 16.7. The Morgan fingerprint density at radius 3 is 0.912 bits per heavy atom. The van der Waals surface area contributed by atoms with Crippen molar-refractivity contribution < 1.29 is 28.6 Å². The standard InChI is InChI=1S/C51H98O6/c1-6-9-10-11-24-31-36-41-49(52)55-44-48(57-51(54)43-38-33-28-23-19-18-21-26-30-35-40-47(5)8-3)45-56-50(53)42-37-32-27-22-17-15-13-12-14-16-20-25-29-34-39-46(4)7-2/h46-48H,6-45H2,1-5H3/t46?,47?,48-/m0/s1. The van der Waals surface area contributed by atoms with Gasteiger partial charge < -0.3 is 14.2 Å². The van der Waals surface area contributed by atoms with Gasteiger partial charge in [0.25, 0.3) is 0 Å². The highest BCUT2D eigenvalue weighted by atomic mass is 16.6. The molecular weight excluding hydrogens is 709 g/mol. The van der Waals surface area contributed by atoms with E-state index in [2.05, 4.69) is 34.6 Å². The van der Waals surface area contributed by atoms with Crippen LogP contribution in [0.25, 0.3) is 0 Å². The molecule has 6 nitrogen and oxygen atoms in total. The van der Waals surface area contributed by atoms with Crippen molar-refractivity contribution in [2.75, 3.05) is 13.2 Å². The van der Waals surface area contributed by atoms with E-state index in [4.69, 9.17) is 14.2 Å². The molecule has 338 valence electrons. The summed E-state index contributed by atoms with van der Waals surface area (Å²) in [7, 11) is 0. The predicted molar refractivity (Wildman–Crippen MR) is 243 cm³/mol. The van der Waals surface area contributed by atoms with Crippen molar-refractivity contribution >= 4 is 17.9 Å². The van der Waals surface area contributed by atoms with Crippen LogP contribution in [0.5, 0.6) is 0 Å². The monoisotopic (exact) mass is 807 g/mol. The molecule has 6 heteroatoms. The highest BCUT2D eigenvalue weighted by molar-refractivity contribution is 5.71. The maximum atomic E-state index is 12.7. The van der Waals surface area contributed by atoms with Crippen molar-refractivity contribution in [2.45, 2.75) is 285 Å². The molecule has 0 radical (unpaired) electrons. The second kappa shape index (κ2) is 44.0. The Morgan fingerprint density at radius 1 is 0.351 bits per heavy atom. The van der Waals surface area contributed by atoms with E-state index in [1.54, 1.807) is 0 Å². The number of carbonyl (C=O) groups excluding carboxylic acids is 3. The van der Waals surface area contributed by atoms with Gasteiger partial charge in [-0.3, -0.25) is 14.4 Å². The Hall–Kier alpha value is -1.59. The average molecular weight is 807 g/mol. The summed E-state index contributed by atoms with van der Waals surface area (Å²) in [5.74, 6) is 0.906. The zero-order valence-electron chi connectivity index (χ0n) is 39.0. The Labute approximate surface area is 355 Å². The Kier molecular flexibility index (Phi) is 42.7. The summed E-state index contributed by atoms with van der Waals surface area (Å²) in [6.45, 7) is 11.4. The molecule has 0 spiro atoms. The molecule has 0 rings (SSSR count). The van der Waals surface area contributed by atoms with Crippen molar-refractivity contribution in [2.24, 2.45) is 11.8 Å². The van der Waals surface area contributed by atoms with Gasteiger partial charge in [0.2, 0.25) is 0 Å². The molecule has 0 aromatic heterocycles. The second-order valence-corrected chi connectivity index (χ2v) is 17.9. The average Bonchev–Trinajstić information content (AvgIpc) is 3.21. The van der Waals surface area contributed by atoms with Crippen LogP contribution in [0.3, 0.4) is 0 Å². The molecule has 0 bridgehead atoms. The van der Waals surface area contributed by atoms with Crippen LogP contribution in [0.15, 0.2) is 0 Å². The zero-order valence-corrected chi connectivity index (χ0v) is 39.0. The molecule has 0 aliphatic carbocycles. The van der Waals surface area contributed by atoms with Crippen molar-refractivity contribution in [3.63, 3.8) is 0 Å². The van der Waals surface area contributed by atoms with Crippen molar-refractivity contribution in [1.82, 2.24) is 0 Å². The minimum atomic E-state index is -0.760. The summed E-state index contributed by atoms with van der Waals surface area (Å²) in [5.41, 5.74) is 0. The third-order valence-corrected chi connectivity index (χ3v) is 12.2. The first kappa shape index (κ1) is 55.4. The van der Waals surface area contributed by atoms with Crippen LogP contribution in [0.4, 0.5) is 0 Å². The first-order valence-corrected chi connectivity index (χ1v) is 25.3. The smallest absolute Gasteiger partial charge is 0.306 e. The first-order valence-electron chi connectivity index (χ1n) is 25.3. The first-order chi connectivity index (χ1) is 27.8. The van der Waals surface area contributed by atoms with E-state index in [-0.39, 0.29) is 31.1 Å². The van der Waals surface area contributed by atoms with Crippen LogP contribution >= 0.6 is 0 Å². The van der Waals surface area contributed by atoms with Crippen LogP contribution < -0.4 is 0 Å². The molecule has 0 aliphatic heterocycles. The Bertz CT molecular complexity index is 874. The SMILES string of the molecule is CCCCCCCCCC(=O)OC[C@@H](COC(=O)CCCCCCCCCCCCCCCCC(C)CC)OC(=O)CCCCCCCCCCCCC(C)CC. The zero-order chi connectivity index (χ0) is 41.9. The van der Waals surface area contributed by atoms with Gasteiger partial charge in [-0.15, -0.1) is 0 Å². The van der Waals surface area contributed by atoms with E-state index in [9.17, 15) is 14.4 Å². The summed E-state index contributed by atoms with van der Waals surface area (Å²) in [6, 6.07) is 0. The van der Waals surface area contributed by atoms with Crippen LogP contribution in [-0.4, -0.2) is 37.2 Å². The van der Waals surface area contributed by atoms with Gasteiger partial charge in [-0.25, -0.2) is 0 Å². The minimum absolute atomic E-state index is 0.0643. The highest BCUT2D eigenvalue weighted by Gasteiger charge is 2.19. The molecule has 2 unspecified atom stereocenters. The number of esters is 3. The fraction of sp³-hybridized carbons (Fsp3) is 0.941. The lowest BCUT2D eigenvalue weighted by Gasteiger charge is -2.18. The van der Waals surface area contributed by atoms with Gasteiger partial charge in [0.1, 0.15) is 13.2 Å². The van der Waals surface area contributed by atoms with E-state index in [1.807, 2.05) is 0 Å². The van der Waals surface area contributed by atoms with Crippen molar-refractivity contribution in [3.8, 4) is 0 Å². The van der Waals surface area contributed by atoms with E-state index in [1.165, 1.54) is 167 Å². The molecule has 0 saturated heterocycles. The summed E-state index contributed by atoms with van der Waals surface area (Å²) in [6.07, 6.45) is 43.7. The molecule has 0 aliphatic rings. The summed E-state index contributed by atoms with van der Waals surface area (Å²) >= 11 is 0. The Balaban J connectivity index is 4.21. The molecule has 0 aromatic carbocycles. The highest BCUT2D eigenvalue weighted by Crippen LogP contribution is 2.18. The third kappa shape index (κ3) is 42.3. The fourth-order valence-electron chi connectivity index (χ4n) is 7.57. The number of carbonyl (C=O) groups is 3. The van der Waals surface area contributed by atoms with Crippen LogP contribution in [0.1, 0.15) is 279 Å². The van der Waals surface area contributed by atoms with Gasteiger partial charge in [-0.2, -0.15) is 0 Å². The molecule has 0 aromatic rings. The van der Waals surface area contributed by atoms with Gasteiger partial charge >= 0.3 is 17.9 Å².